The van der Waals surface area contributed by atoms with Crippen molar-refractivity contribution >= 4 is 28.8 Å². The van der Waals surface area contributed by atoms with E-state index < -0.39 is 5.79 Å². The van der Waals surface area contributed by atoms with Crippen molar-refractivity contribution in [3.8, 4) is 11.5 Å². The van der Waals surface area contributed by atoms with Crippen LogP contribution in [-0.4, -0.2) is 41.0 Å². The van der Waals surface area contributed by atoms with E-state index in [0.29, 0.717) is 16.6 Å². The van der Waals surface area contributed by atoms with E-state index in [1.165, 1.54) is 11.3 Å². The summed E-state index contributed by atoms with van der Waals surface area (Å²) < 4.78 is 12.7. The van der Waals surface area contributed by atoms with Gasteiger partial charge in [0.15, 0.2) is 17.3 Å². The van der Waals surface area contributed by atoms with Crippen molar-refractivity contribution in [2.75, 3.05) is 19.6 Å². The van der Waals surface area contributed by atoms with Crippen LogP contribution in [0.3, 0.4) is 0 Å². The van der Waals surface area contributed by atoms with Gasteiger partial charge in [0.25, 0.3) is 5.79 Å². The van der Waals surface area contributed by atoms with E-state index in [4.69, 9.17) is 26.1 Å². The lowest BCUT2D eigenvalue weighted by Crippen LogP contribution is -2.37. The van der Waals surface area contributed by atoms with Gasteiger partial charge in [0, 0.05) is 42.9 Å². The highest BCUT2D eigenvalue weighted by molar-refractivity contribution is 6.30. The summed E-state index contributed by atoms with van der Waals surface area (Å²) in [4.78, 5) is 23.5. The van der Waals surface area contributed by atoms with Crippen LogP contribution in [0.15, 0.2) is 59.7 Å². The summed E-state index contributed by atoms with van der Waals surface area (Å²) in [7, 11) is 0. The second-order valence-electron chi connectivity index (χ2n) is 9.99. The number of para-hydroxylation sites is 1. The standard InChI is InChI=1S/C29H28ClN3O3/c1-18(34)20-6-8-25-21(14-20)15-23(32-25)17-33-12-10-19(11-13-33)24-4-3-5-26-28(24)36-29(2,35-26)27-9-7-22(30)16-31-27/h3-9,14,16,19H,10-13,15,17H2,1-2H3/t29-/m0/s1. The topological polar surface area (TPSA) is 64.0 Å². The molecule has 6 nitrogen and oxygen atoms in total. The number of carbonyl (C=O) groups is 1. The third-order valence-corrected chi connectivity index (χ3v) is 7.62. The van der Waals surface area contributed by atoms with Gasteiger partial charge in [-0.05, 0) is 80.7 Å². The third-order valence-electron chi connectivity index (χ3n) is 7.40. The number of halogens is 1. The molecule has 0 amide bonds. The zero-order chi connectivity index (χ0) is 24.9. The maximum atomic E-state index is 11.7. The van der Waals surface area contributed by atoms with Crippen LogP contribution < -0.4 is 9.47 Å². The highest BCUT2D eigenvalue weighted by atomic mass is 35.5. The quantitative estimate of drug-likeness (QED) is 0.396. The first kappa shape index (κ1) is 23.2. The Balaban J connectivity index is 1.11. The molecule has 1 aromatic heterocycles. The van der Waals surface area contributed by atoms with Crippen molar-refractivity contribution in [1.82, 2.24) is 9.88 Å². The fourth-order valence-electron chi connectivity index (χ4n) is 5.45. The molecule has 2 aromatic carbocycles. The number of ether oxygens (including phenoxy) is 2. The van der Waals surface area contributed by atoms with E-state index in [-0.39, 0.29) is 5.78 Å². The first-order valence-corrected chi connectivity index (χ1v) is 12.8. The molecule has 184 valence electrons. The Morgan fingerprint density at radius 3 is 2.72 bits per heavy atom. The van der Waals surface area contributed by atoms with E-state index in [0.717, 1.165) is 67.2 Å². The molecule has 0 spiro atoms. The number of Topliss-reactive ketones (excluding diaryl/α,β-unsaturated/α-hetero) is 1. The van der Waals surface area contributed by atoms with Crippen molar-refractivity contribution in [3.63, 3.8) is 0 Å². The number of rotatable bonds is 5. The number of ketones is 1. The summed E-state index contributed by atoms with van der Waals surface area (Å²) >= 11 is 6.02. The number of hydrogen-bond acceptors (Lipinski definition) is 6. The summed E-state index contributed by atoms with van der Waals surface area (Å²) in [6, 6.07) is 15.6. The van der Waals surface area contributed by atoms with Gasteiger partial charge in [-0.1, -0.05) is 23.7 Å². The van der Waals surface area contributed by atoms with Crippen molar-refractivity contribution < 1.29 is 14.3 Å². The van der Waals surface area contributed by atoms with Crippen molar-refractivity contribution in [3.05, 3.63) is 82.1 Å². The molecule has 1 saturated heterocycles. The van der Waals surface area contributed by atoms with Crippen LogP contribution >= 0.6 is 11.6 Å². The molecule has 0 bridgehead atoms. The van der Waals surface area contributed by atoms with Gasteiger partial charge in [-0.15, -0.1) is 0 Å². The van der Waals surface area contributed by atoms with Gasteiger partial charge in [-0.3, -0.25) is 19.7 Å². The van der Waals surface area contributed by atoms with Crippen molar-refractivity contribution in [2.24, 2.45) is 4.99 Å². The molecule has 1 fully saturated rings. The second kappa shape index (κ2) is 9.02. The molecule has 0 aliphatic carbocycles. The maximum Gasteiger partial charge on any atom is 0.292 e. The zero-order valence-electron chi connectivity index (χ0n) is 20.5. The molecule has 1 atom stereocenters. The fraction of sp³-hybridized carbons (Fsp3) is 0.345. The number of pyridine rings is 1. The number of nitrogens with zero attached hydrogens (tertiary/aromatic N) is 3. The average Bonchev–Trinajstić information content (AvgIpc) is 3.44. The van der Waals surface area contributed by atoms with Gasteiger partial charge >= 0.3 is 0 Å². The molecule has 7 heteroatoms. The Hall–Kier alpha value is -3.22. The molecule has 4 heterocycles. The Morgan fingerprint density at radius 1 is 1.14 bits per heavy atom. The first-order valence-electron chi connectivity index (χ1n) is 12.4. The molecule has 3 aromatic rings. The number of aliphatic imine (C=N–C) groups is 1. The number of carbonyl (C=O) groups excluding carboxylic acids is 1. The lowest BCUT2D eigenvalue weighted by atomic mass is 9.88. The lowest BCUT2D eigenvalue weighted by Gasteiger charge is -2.32. The number of piperidine rings is 1. The van der Waals surface area contributed by atoms with E-state index in [1.54, 1.807) is 19.2 Å². The Kier molecular flexibility index (Phi) is 5.81. The Morgan fingerprint density at radius 2 is 1.97 bits per heavy atom. The average molecular weight is 502 g/mol. The molecule has 0 saturated carbocycles. The number of fused-ring (bicyclic) bond motifs is 2. The van der Waals surface area contributed by atoms with Crippen LogP contribution in [0.4, 0.5) is 5.69 Å². The molecule has 3 aliphatic rings. The van der Waals surface area contributed by atoms with E-state index in [2.05, 4.69) is 16.0 Å². The minimum absolute atomic E-state index is 0.0971. The Bertz CT molecular complexity index is 1360. The van der Waals surface area contributed by atoms with Gasteiger partial charge in [0.05, 0.1) is 10.7 Å². The molecule has 3 aliphatic heterocycles. The Labute approximate surface area is 215 Å². The monoisotopic (exact) mass is 501 g/mol. The van der Waals surface area contributed by atoms with Crippen LogP contribution in [0.2, 0.25) is 5.02 Å². The van der Waals surface area contributed by atoms with Crippen LogP contribution in [-0.2, 0) is 12.2 Å². The molecule has 0 N–H and O–H groups in total. The third kappa shape index (κ3) is 4.29. The fourth-order valence-corrected chi connectivity index (χ4v) is 5.57. The van der Waals surface area contributed by atoms with Crippen LogP contribution in [0.5, 0.6) is 11.5 Å². The zero-order valence-corrected chi connectivity index (χ0v) is 21.2. The van der Waals surface area contributed by atoms with Gasteiger partial charge in [-0.2, -0.15) is 0 Å². The van der Waals surface area contributed by atoms with E-state index >= 15 is 0 Å². The van der Waals surface area contributed by atoms with E-state index in [9.17, 15) is 4.79 Å². The molecule has 0 radical (unpaired) electrons. The van der Waals surface area contributed by atoms with Gasteiger partial charge in [-0.25, -0.2) is 0 Å². The smallest absolute Gasteiger partial charge is 0.292 e. The molecule has 6 rings (SSSR count). The predicted molar refractivity (Wildman–Crippen MR) is 140 cm³/mol. The first-order chi connectivity index (χ1) is 17.4. The largest absolute Gasteiger partial charge is 0.443 e. The highest BCUT2D eigenvalue weighted by Crippen LogP contribution is 2.49. The summed E-state index contributed by atoms with van der Waals surface area (Å²) in [6.45, 7) is 6.37. The van der Waals surface area contributed by atoms with E-state index in [1.807, 2.05) is 43.3 Å². The van der Waals surface area contributed by atoms with Crippen LogP contribution in [0, 0.1) is 0 Å². The summed E-state index contributed by atoms with van der Waals surface area (Å²) in [5, 5.41) is 0.582. The van der Waals surface area contributed by atoms with Gasteiger partial charge < -0.3 is 9.47 Å². The van der Waals surface area contributed by atoms with Gasteiger partial charge in [0.1, 0.15) is 5.69 Å². The van der Waals surface area contributed by atoms with Crippen molar-refractivity contribution in [1.29, 1.82) is 0 Å². The minimum Gasteiger partial charge on any atom is -0.443 e. The maximum absolute atomic E-state index is 11.7. The molecular weight excluding hydrogens is 474 g/mol. The summed E-state index contributed by atoms with van der Waals surface area (Å²) in [5.41, 5.74) is 5.98. The summed E-state index contributed by atoms with van der Waals surface area (Å²) in [5.74, 6) is 1.12. The predicted octanol–water partition coefficient (Wildman–Crippen LogP) is 6.09. The van der Waals surface area contributed by atoms with Crippen molar-refractivity contribution in [2.45, 2.75) is 44.8 Å². The minimum atomic E-state index is -0.971. The van der Waals surface area contributed by atoms with Gasteiger partial charge in [0.2, 0.25) is 0 Å². The normalized spacial score (nSPS) is 21.4. The number of benzene rings is 2. The van der Waals surface area contributed by atoms with Crippen LogP contribution in [0.1, 0.15) is 59.8 Å². The SMILES string of the molecule is CC(=O)c1ccc2c(c1)CC(CN1CCC(c3cccc4c3O[C@@](C)(c3ccc(Cl)cn3)O4)CC1)=N2. The number of likely N-dealkylation sites (tertiary alicyclic amines) is 1. The van der Waals surface area contributed by atoms with Crippen LogP contribution in [0.25, 0.3) is 0 Å². The second-order valence-corrected chi connectivity index (χ2v) is 10.4. The highest BCUT2D eigenvalue weighted by Gasteiger charge is 2.42. The lowest BCUT2D eigenvalue weighted by molar-refractivity contribution is -0.0722. The molecule has 36 heavy (non-hydrogen) atoms. The molecular formula is C29H28ClN3O3. The number of hydrogen-bond donors (Lipinski definition) is 0. The molecule has 0 unspecified atom stereocenters. The number of aromatic nitrogens is 1. The summed E-state index contributed by atoms with van der Waals surface area (Å²) in [6.07, 6.45) is 4.53.